The van der Waals surface area contributed by atoms with Crippen LogP contribution in [0.5, 0.6) is 5.75 Å². The van der Waals surface area contributed by atoms with E-state index in [1.807, 2.05) is 0 Å². The number of aryl methyl sites for hydroxylation is 1. The molecule has 0 radical (unpaired) electrons. The second-order valence-corrected chi connectivity index (χ2v) is 9.64. The molecule has 0 heterocycles. The Morgan fingerprint density at radius 3 is 2.23 bits per heavy atom. The molecule has 0 saturated heterocycles. The van der Waals surface area contributed by atoms with Crippen LogP contribution in [0, 0.1) is 35.5 Å². The topological polar surface area (TPSA) is 9.23 Å². The number of allylic oxidation sites excluding steroid dienone is 2. The molecule has 3 rings (SSSR count). The van der Waals surface area contributed by atoms with E-state index < -0.39 is 0 Å². The molecule has 164 valence electrons. The van der Waals surface area contributed by atoms with Crippen molar-refractivity contribution in [3.05, 3.63) is 42.0 Å². The van der Waals surface area contributed by atoms with Crippen LogP contribution in [-0.4, -0.2) is 6.61 Å². The minimum atomic E-state index is 0.583. The largest absolute Gasteiger partial charge is 0.493 e. The summed E-state index contributed by atoms with van der Waals surface area (Å²) in [6, 6.07) is 8.67. The summed E-state index contributed by atoms with van der Waals surface area (Å²) >= 11 is 0. The zero-order valence-corrected chi connectivity index (χ0v) is 19.4. The summed E-state index contributed by atoms with van der Waals surface area (Å²) in [6.45, 7) is 5.39. The summed E-state index contributed by atoms with van der Waals surface area (Å²) in [6.07, 6.45) is 20.2. The first kappa shape index (κ1) is 23.0. The van der Waals surface area contributed by atoms with Gasteiger partial charge >= 0.3 is 0 Å². The Morgan fingerprint density at radius 2 is 1.57 bits per heavy atom. The highest BCUT2D eigenvalue weighted by atomic mass is 16.5. The third-order valence-electron chi connectivity index (χ3n) is 7.12. The molecule has 0 aliphatic heterocycles. The Labute approximate surface area is 185 Å². The van der Waals surface area contributed by atoms with Gasteiger partial charge in [0.15, 0.2) is 0 Å². The van der Waals surface area contributed by atoms with E-state index in [2.05, 4.69) is 62.1 Å². The smallest absolute Gasteiger partial charge is 0.119 e. The van der Waals surface area contributed by atoms with Gasteiger partial charge in [0.05, 0.1) is 6.61 Å². The maximum atomic E-state index is 6.06. The molecule has 0 unspecified atom stereocenters. The van der Waals surface area contributed by atoms with Gasteiger partial charge in [0.1, 0.15) is 5.75 Å². The van der Waals surface area contributed by atoms with Gasteiger partial charge in [-0.3, -0.25) is 0 Å². The number of ether oxygens (including phenoxy) is 1. The van der Waals surface area contributed by atoms with Crippen LogP contribution < -0.4 is 4.74 Å². The van der Waals surface area contributed by atoms with Gasteiger partial charge in [0.2, 0.25) is 0 Å². The molecule has 1 aromatic carbocycles. The first-order chi connectivity index (χ1) is 14.8. The number of rotatable bonds is 8. The quantitative estimate of drug-likeness (QED) is 0.397. The van der Waals surface area contributed by atoms with Crippen molar-refractivity contribution in [1.82, 2.24) is 0 Å². The molecule has 2 saturated carbocycles. The molecule has 0 bridgehead atoms. The van der Waals surface area contributed by atoms with Crippen LogP contribution in [0.3, 0.4) is 0 Å². The molecular weight excluding hydrogens is 364 g/mol. The summed E-state index contributed by atoms with van der Waals surface area (Å²) in [5.41, 5.74) is 1.40. The van der Waals surface area contributed by atoms with E-state index in [1.54, 1.807) is 0 Å². The minimum absolute atomic E-state index is 0.583. The Bertz CT molecular complexity index is 673. The lowest BCUT2D eigenvalue weighted by Gasteiger charge is -2.26. The molecule has 0 spiro atoms. The molecule has 0 atom stereocenters. The van der Waals surface area contributed by atoms with Gasteiger partial charge in [-0.05, 0) is 99.3 Å². The lowest BCUT2D eigenvalue weighted by Crippen LogP contribution is -2.19. The van der Waals surface area contributed by atoms with Gasteiger partial charge in [-0.1, -0.05) is 63.2 Å². The highest BCUT2D eigenvalue weighted by Crippen LogP contribution is 2.32. The van der Waals surface area contributed by atoms with Crippen LogP contribution in [0.25, 0.3) is 0 Å². The van der Waals surface area contributed by atoms with E-state index in [-0.39, 0.29) is 0 Å². The molecule has 2 aliphatic carbocycles. The number of hydrogen-bond acceptors (Lipinski definition) is 1. The van der Waals surface area contributed by atoms with Gasteiger partial charge < -0.3 is 4.74 Å². The first-order valence-electron chi connectivity index (χ1n) is 12.7. The second-order valence-electron chi connectivity index (χ2n) is 9.64. The lowest BCUT2D eigenvalue weighted by molar-refractivity contribution is 0.196. The summed E-state index contributed by atoms with van der Waals surface area (Å²) < 4.78 is 6.06. The predicted molar refractivity (Wildman–Crippen MR) is 129 cm³/mol. The monoisotopic (exact) mass is 406 g/mol. The number of benzene rings is 1. The van der Waals surface area contributed by atoms with Gasteiger partial charge in [-0.25, -0.2) is 0 Å². The van der Waals surface area contributed by atoms with Gasteiger partial charge in [-0.2, -0.15) is 0 Å². The molecule has 30 heavy (non-hydrogen) atoms. The number of hydrogen-bond donors (Lipinski definition) is 0. The maximum Gasteiger partial charge on any atom is 0.119 e. The molecule has 2 fully saturated rings. The molecule has 0 amide bonds. The van der Waals surface area contributed by atoms with E-state index in [1.165, 1.54) is 76.2 Å². The van der Waals surface area contributed by atoms with Crippen molar-refractivity contribution in [2.45, 2.75) is 90.9 Å². The molecule has 2 aliphatic rings. The maximum absolute atomic E-state index is 6.06. The van der Waals surface area contributed by atoms with Crippen molar-refractivity contribution < 1.29 is 4.74 Å². The Kier molecular flexibility index (Phi) is 9.88. The Balaban J connectivity index is 1.31. The van der Waals surface area contributed by atoms with Crippen LogP contribution in [0.15, 0.2) is 36.4 Å². The summed E-state index contributed by atoms with van der Waals surface area (Å²) in [7, 11) is 0. The average molecular weight is 407 g/mol. The Hall–Kier alpha value is -1.68. The van der Waals surface area contributed by atoms with Crippen LogP contribution in [0.4, 0.5) is 0 Å². The van der Waals surface area contributed by atoms with Crippen molar-refractivity contribution in [3.8, 4) is 17.6 Å². The molecule has 1 aromatic rings. The SMILES string of the molecule is CCCc1ccc(OCC2CCC(C#C/C=C/C3CCC(CCC)CC3)CC2)cc1. The van der Waals surface area contributed by atoms with Crippen molar-refractivity contribution >= 4 is 0 Å². The average Bonchev–Trinajstić information content (AvgIpc) is 2.78. The fraction of sp³-hybridized carbons (Fsp3) is 0.655. The fourth-order valence-electron chi connectivity index (χ4n) is 5.16. The zero-order chi connectivity index (χ0) is 21.0. The summed E-state index contributed by atoms with van der Waals surface area (Å²) in [5, 5.41) is 0. The van der Waals surface area contributed by atoms with E-state index in [0.717, 1.165) is 30.6 Å². The molecule has 1 heteroatoms. The van der Waals surface area contributed by atoms with Crippen molar-refractivity contribution in [2.75, 3.05) is 6.61 Å². The fourth-order valence-corrected chi connectivity index (χ4v) is 5.16. The highest BCUT2D eigenvalue weighted by Gasteiger charge is 2.20. The van der Waals surface area contributed by atoms with Crippen molar-refractivity contribution in [3.63, 3.8) is 0 Å². The highest BCUT2D eigenvalue weighted by molar-refractivity contribution is 5.27. The second kappa shape index (κ2) is 12.9. The van der Waals surface area contributed by atoms with Crippen LogP contribution in [-0.2, 0) is 6.42 Å². The third-order valence-corrected chi connectivity index (χ3v) is 7.12. The van der Waals surface area contributed by atoms with E-state index >= 15 is 0 Å². The van der Waals surface area contributed by atoms with Crippen molar-refractivity contribution in [1.29, 1.82) is 0 Å². The zero-order valence-electron chi connectivity index (χ0n) is 19.4. The summed E-state index contributed by atoms with van der Waals surface area (Å²) in [4.78, 5) is 0. The van der Waals surface area contributed by atoms with Gasteiger partial charge in [-0.15, -0.1) is 0 Å². The van der Waals surface area contributed by atoms with E-state index in [4.69, 9.17) is 4.74 Å². The van der Waals surface area contributed by atoms with Crippen molar-refractivity contribution in [2.24, 2.45) is 23.7 Å². The molecule has 0 aromatic heterocycles. The third kappa shape index (κ3) is 7.86. The Morgan fingerprint density at radius 1 is 0.867 bits per heavy atom. The molecular formula is C29H42O. The van der Waals surface area contributed by atoms with Gasteiger partial charge in [0, 0.05) is 5.92 Å². The lowest BCUT2D eigenvalue weighted by atomic mass is 9.80. The normalized spacial score (nSPS) is 26.9. The molecule has 0 N–H and O–H groups in total. The molecule has 1 nitrogen and oxygen atoms in total. The van der Waals surface area contributed by atoms with Crippen LogP contribution >= 0.6 is 0 Å². The first-order valence-corrected chi connectivity index (χ1v) is 12.7. The summed E-state index contributed by atoms with van der Waals surface area (Å²) in [5.74, 6) is 10.9. The van der Waals surface area contributed by atoms with E-state index in [0.29, 0.717) is 11.8 Å². The standard InChI is InChI=1S/C29H42O/c1-3-7-24-11-13-26(14-12-24)9-5-6-10-27-15-17-28(18-16-27)23-30-29-21-19-25(8-4-2)20-22-29/h5,9,19-22,24,26-28H,3-4,7-8,11-18,23H2,1-2H3/b9-5+. The van der Waals surface area contributed by atoms with E-state index in [9.17, 15) is 0 Å². The minimum Gasteiger partial charge on any atom is -0.493 e. The van der Waals surface area contributed by atoms with Gasteiger partial charge in [0.25, 0.3) is 0 Å². The van der Waals surface area contributed by atoms with Crippen LogP contribution in [0.1, 0.15) is 90.0 Å². The predicted octanol–water partition coefficient (Wildman–Crippen LogP) is 7.99. The van der Waals surface area contributed by atoms with Crippen LogP contribution in [0.2, 0.25) is 0 Å².